The Morgan fingerprint density at radius 3 is 2.46 bits per heavy atom. The number of nitrogens with zero attached hydrogens (tertiary/aromatic N) is 2. The van der Waals surface area contributed by atoms with Crippen molar-refractivity contribution in [1.29, 1.82) is 0 Å². The Hall–Kier alpha value is -2.34. The molecule has 28 heavy (non-hydrogen) atoms. The third-order valence-electron chi connectivity index (χ3n) is 5.95. The van der Waals surface area contributed by atoms with E-state index in [0.717, 1.165) is 24.7 Å². The highest BCUT2D eigenvalue weighted by atomic mass is 19.4. The molecule has 2 saturated heterocycles. The van der Waals surface area contributed by atoms with E-state index in [4.69, 9.17) is 0 Å². The van der Waals surface area contributed by atoms with E-state index in [-0.39, 0.29) is 11.9 Å². The number of carbonyl (C=O) groups excluding carboxylic acids is 1. The van der Waals surface area contributed by atoms with Crippen LogP contribution in [-0.2, 0) is 17.5 Å². The van der Waals surface area contributed by atoms with E-state index in [2.05, 4.69) is 17.0 Å². The molecule has 148 valence electrons. The minimum Gasteiger partial charge on any atom is -0.335 e. The largest absolute Gasteiger partial charge is 0.416 e. The Morgan fingerprint density at radius 1 is 1.04 bits per heavy atom. The molecule has 2 aromatic carbocycles. The lowest BCUT2D eigenvalue weighted by Gasteiger charge is -2.29. The first kappa shape index (κ1) is 19.0. The summed E-state index contributed by atoms with van der Waals surface area (Å²) in [5, 5.41) is 0. The molecule has 2 aromatic rings. The summed E-state index contributed by atoms with van der Waals surface area (Å²) in [6.07, 6.45) is -4.32. The molecule has 3 atom stereocenters. The standard InChI is InChI=1S/C22H23F3N2O/c1-15(28)27-13-18-12-26(11-16-6-5-9-19(10-16)22(23,24)25)14-20(18)21(27)17-7-3-2-4-8-17/h2-10,18,20-21H,11-14H2,1H3/t18-,20-,21-/m1/s1. The number of rotatable bonds is 3. The Bertz CT molecular complexity index is 852. The molecule has 0 aliphatic carbocycles. The first-order valence-electron chi connectivity index (χ1n) is 9.53. The molecule has 4 rings (SSSR count). The van der Waals surface area contributed by atoms with Crippen LogP contribution in [0.5, 0.6) is 0 Å². The zero-order chi connectivity index (χ0) is 19.9. The van der Waals surface area contributed by atoms with E-state index in [1.165, 1.54) is 12.1 Å². The van der Waals surface area contributed by atoms with Gasteiger partial charge in [-0.2, -0.15) is 13.2 Å². The second kappa shape index (κ2) is 7.24. The molecule has 2 aliphatic rings. The number of halogens is 3. The molecule has 1 amide bonds. The maximum atomic E-state index is 13.0. The summed E-state index contributed by atoms with van der Waals surface area (Å²) in [5.41, 5.74) is 1.20. The average Bonchev–Trinajstić information content (AvgIpc) is 3.19. The lowest BCUT2D eigenvalue weighted by molar-refractivity contribution is -0.137. The van der Waals surface area contributed by atoms with E-state index in [9.17, 15) is 18.0 Å². The summed E-state index contributed by atoms with van der Waals surface area (Å²) in [7, 11) is 0. The van der Waals surface area contributed by atoms with Crippen LogP contribution in [0.25, 0.3) is 0 Å². The molecule has 0 bridgehead atoms. The van der Waals surface area contributed by atoms with Crippen molar-refractivity contribution < 1.29 is 18.0 Å². The van der Waals surface area contributed by atoms with Gasteiger partial charge in [-0.05, 0) is 23.1 Å². The number of carbonyl (C=O) groups is 1. The van der Waals surface area contributed by atoms with Gasteiger partial charge in [-0.1, -0.05) is 48.5 Å². The van der Waals surface area contributed by atoms with Crippen molar-refractivity contribution in [2.75, 3.05) is 19.6 Å². The molecule has 3 nitrogen and oxygen atoms in total. The maximum Gasteiger partial charge on any atom is 0.416 e. The van der Waals surface area contributed by atoms with E-state index in [1.807, 2.05) is 23.1 Å². The van der Waals surface area contributed by atoms with Crippen molar-refractivity contribution in [3.05, 3.63) is 71.3 Å². The van der Waals surface area contributed by atoms with Gasteiger partial charge in [0.25, 0.3) is 0 Å². The molecular weight excluding hydrogens is 365 g/mol. The van der Waals surface area contributed by atoms with Gasteiger partial charge in [-0.15, -0.1) is 0 Å². The third kappa shape index (κ3) is 3.65. The van der Waals surface area contributed by atoms with Gasteiger partial charge in [0.2, 0.25) is 5.91 Å². The highest BCUT2D eigenvalue weighted by Crippen LogP contribution is 2.45. The summed E-state index contributed by atoms with van der Waals surface area (Å²) in [6.45, 7) is 4.40. The molecule has 2 aliphatic heterocycles. The lowest BCUT2D eigenvalue weighted by atomic mass is 9.89. The van der Waals surface area contributed by atoms with Gasteiger partial charge in [0.15, 0.2) is 0 Å². The number of amides is 1. The fourth-order valence-corrected chi connectivity index (χ4v) is 4.77. The van der Waals surface area contributed by atoms with Crippen LogP contribution < -0.4 is 0 Å². The van der Waals surface area contributed by atoms with Crippen molar-refractivity contribution in [2.45, 2.75) is 25.7 Å². The molecule has 0 N–H and O–H groups in total. The van der Waals surface area contributed by atoms with Crippen LogP contribution in [0.4, 0.5) is 13.2 Å². The van der Waals surface area contributed by atoms with E-state index in [0.29, 0.717) is 30.5 Å². The van der Waals surface area contributed by atoms with Gasteiger partial charge in [0.05, 0.1) is 11.6 Å². The summed E-state index contributed by atoms with van der Waals surface area (Å²) in [5.74, 6) is 0.727. The van der Waals surface area contributed by atoms with Crippen LogP contribution in [0, 0.1) is 11.8 Å². The second-order valence-electron chi connectivity index (χ2n) is 7.84. The quantitative estimate of drug-likeness (QED) is 0.780. The Kier molecular flexibility index (Phi) is 4.91. The molecular formula is C22H23F3N2O. The summed E-state index contributed by atoms with van der Waals surface area (Å²) in [6, 6.07) is 15.6. The minimum atomic E-state index is -4.32. The fourth-order valence-electron chi connectivity index (χ4n) is 4.77. The van der Waals surface area contributed by atoms with Crippen LogP contribution in [0.2, 0.25) is 0 Å². The topological polar surface area (TPSA) is 23.6 Å². The molecule has 0 spiro atoms. The van der Waals surface area contributed by atoms with Crippen LogP contribution in [-0.4, -0.2) is 35.3 Å². The van der Waals surface area contributed by atoms with Crippen molar-refractivity contribution in [3.63, 3.8) is 0 Å². The molecule has 0 saturated carbocycles. The number of fused-ring (bicyclic) bond motifs is 1. The van der Waals surface area contributed by atoms with E-state index in [1.54, 1.807) is 13.0 Å². The SMILES string of the molecule is CC(=O)N1C[C@H]2CN(Cc3cccc(C(F)(F)F)c3)C[C@H]2[C@H]1c1ccccc1. The van der Waals surface area contributed by atoms with Crippen molar-refractivity contribution in [2.24, 2.45) is 11.8 Å². The predicted molar refractivity (Wildman–Crippen MR) is 100 cm³/mol. The summed E-state index contributed by atoms with van der Waals surface area (Å²) < 4.78 is 38.9. The van der Waals surface area contributed by atoms with Gasteiger partial charge in [-0.25, -0.2) is 0 Å². The van der Waals surface area contributed by atoms with Gasteiger partial charge >= 0.3 is 6.18 Å². The Morgan fingerprint density at radius 2 is 1.79 bits per heavy atom. The molecule has 2 fully saturated rings. The normalized spacial score (nSPS) is 25.1. The van der Waals surface area contributed by atoms with Crippen LogP contribution in [0.3, 0.4) is 0 Å². The van der Waals surface area contributed by atoms with Crippen molar-refractivity contribution >= 4 is 5.91 Å². The highest BCUT2D eigenvalue weighted by molar-refractivity contribution is 5.74. The predicted octanol–water partition coefficient (Wildman–Crippen LogP) is 4.36. The number of likely N-dealkylation sites (tertiary alicyclic amines) is 2. The first-order chi connectivity index (χ1) is 13.3. The summed E-state index contributed by atoms with van der Waals surface area (Å²) >= 11 is 0. The lowest BCUT2D eigenvalue weighted by Crippen LogP contribution is -2.34. The second-order valence-corrected chi connectivity index (χ2v) is 7.84. The molecule has 6 heteroatoms. The number of alkyl halides is 3. The van der Waals surface area contributed by atoms with Gasteiger partial charge < -0.3 is 4.90 Å². The van der Waals surface area contributed by atoms with E-state index >= 15 is 0 Å². The van der Waals surface area contributed by atoms with Gasteiger partial charge in [-0.3, -0.25) is 9.69 Å². The maximum absolute atomic E-state index is 13.0. The smallest absolute Gasteiger partial charge is 0.335 e. The molecule has 0 aromatic heterocycles. The Balaban J connectivity index is 1.51. The highest BCUT2D eigenvalue weighted by Gasteiger charge is 2.48. The number of hydrogen-bond acceptors (Lipinski definition) is 2. The minimum absolute atomic E-state index is 0.0372. The first-order valence-corrected chi connectivity index (χ1v) is 9.53. The zero-order valence-corrected chi connectivity index (χ0v) is 15.7. The summed E-state index contributed by atoms with van der Waals surface area (Å²) in [4.78, 5) is 16.3. The van der Waals surface area contributed by atoms with Gasteiger partial charge in [0, 0.05) is 39.0 Å². The van der Waals surface area contributed by atoms with Crippen LogP contribution in [0.1, 0.15) is 29.7 Å². The van der Waals surface area contributed by atoms with E-state index < -0.39 is 11.7 Å². The molecule has 0 unspecified atom stereocenters. The van der Waals surface area contributed by atoms with Gasteiger partial charge in [0.1, 0.15) is 0 Å². The third-order valence-corrected chi connectivity index (χ3v) is 5.95. The zero-order valence-electron chi connectivity index (χ0n) is 15.7. The number of benzene rings is 2. The van der Waals surface area contributed by atoms with Crippen molar-refractivity contribution in [3.8, 4) is 0 Å². The monoisotopic (exact) mass is 388 g/mol. The Labute approximate surface area is 162 Å². The number of hydrogen-bond donors (Lipinski definition) is 0. The van der Waals surface area contributed by atoms with Crippen molar-refractivity contribution in [1.82, 2.24) is 9.80 Å². The molecule has 2 heterocycles. The fraction of sp³-hybridized carbons (Fsp3) is 0.409. The van der Waals surface area contributed by atoms with Crippen LogP contribution in [0.15, 0.2) is 54.6 Å². The van der Waals surface area contributed by atoms with Crippen LogP contribution >= 0.6 is 0 Å². The average molecular weight is 388 g/mol. The molecule has 0 radical (unpaired) electrons.